The van der Waals surface area contributed by atoms with Gasteiger partial charge in [0.05, 0.1) is 5.56 Å². The van der Waals surface area contributed by atoms with Gasteiger partial charge in [0.15, 0.2) is 0 Å². The van der Waals surface area contributed by atoms with Gasteiger partial charge in [0.1, 0.15) is 0 Å². The van der Waals surface area contributed by atoms with Gasteiger partial charge in [-0.2, -0.15) is 0 Å². The van der Waals surface area contributed by atoms with Crippen molar-refractivity contribution < 1.29 is 4.79 Å². The summed E-state index contributed by atoms with van der Waals surface area (Å²) >= 11 is 7.63. The molecule has 2 rings (SSSR count). The average molecular weight is 364 g/mol. The first-order valence-electron chi connectivity index (χ1n) is 4.08. The van der Waals surface area contributed by atoms with Gasteiger partial charge in [-0.05, 0) is 39.3 Å². The van der Waals surface area contributed by atoms with Crippen molar-refractivity contribution in [3.05, 3.63) is 32.7 Å². The Morgan fingerprint density at radius 1 is 1.38 bits per heavy atom. The number of anilines is 1. The first kappa shape index (κ1) is 11.6. The molecular weight excluding hydrogens is 360 g/mol. The third-order valence-corrected chi connectivity index (χ3v) is 3.39. The van der Waals surface area contributed by atoms with Crippen molar-refractivity contribution in [3.8, 4) is 0 Å². The van der Waals surface area contributed by atoms with E-state index in [0.29, 0.717) is 15.2 Å². The molecule has 0 bridgehead atoms. The average Bonchev–Trinajstić information content (AvgIpc) is 2.74. The molecule has 0 atom stereocenters. The summed E-state index contributed by atoms with van der Waals surface area (Å²) in [5, 5.41) is 9.99. The van der Waals surface area contributed by atoms with E-state index in [0.717, 1.165) is 16.0 Å². The van der Waals surface area contributed by atoms with E-state index in [1.807, 2.05) is 6.07 Å². The normalized spacial score (nSPS) is 10.1. The van der Waals surface area contributed by atoms with Crippen molar-refractivity contribution in [2.24, 2.45) is 0 Å². The van der Waals surface area contributed by atoms with Gasteiger partial charge < -0.3 is 0 Å². The van der Waals surface area contributed by atoms with Crippen LogP contribution in [-0.4, -0.2) is 20.7 Å². The Balaban J connectivity index is 2.24. The topological polar surface area (TPSA) is 67.8 Å². The minimum Gasteiger partial charge on any atom is -0.295 e. The van der Waals surface area contributed by atoms with Gasteiger partial charge in [-0.25, -0.2) is 0 Å². The molecule has 0 aliphatic rings. The van der Waals surface area contributed by atoms with Crippen LogP contribution >= 0.6 is 43.4 Å². The van der Waals surface area contributed by atoms with Gasteiger partial charge in [-0.1, -0.05) is 25.5 Å². The standard InChI is InChI=1S/C8H4Br2N4OS/c9-4-1-2-6(10)5(3-4)7(15)11-8-12-13-14-16-8/h1-3H,(H,11,12,14,15). The number of halogens is 2. The Bertz CT molecular complexity index is 517. The Kier molecular flexibility index (Phi) is 3.62. The summed E-state index contributed by atoms with van der Waals surface area (Å²) in [7, 11) is 0. The lowest BCUT2D eigenvalue weighted by Crippen LogP contribution is -2.12. The molecule has 1 heterocycles. The molecule has 1 amide bonds. The van der Waals surface area contributed by atoms with Crippen LogP contribution in [0.3, 0.4) is 0 Å². The SMILES string of the molecule is O=C(Nc1nnns1)c1cc(Br)ccc1Br. The third kappa shape index (κ3) is 2.63. The fraction of sp³-hybridized carbons (Fsp3) is 0. The number of rotatable bonds is 2. The molecule has 82 valence electrons. The highest BCUT2D eigenvalue weighted by atomic mass is 79.9. The van der Waals surface area contributed by atoms with E-state index in [9.17, 15) is 4.79 Å². The number of hydrogen-bond acceptors (Lipinski definition) is 5. The molecular formula is C8H4Br2N4OS. The maximum Gasteiger partial charge on any atom is 0.258 e. The van der Waals surface area contributed by atoms with Crippen LogP contribution < -0.4 is 5.32 Å². The lowest BCUT2D eigenvalue weighted by Gasteiger charge is -2.03. The first-order valence-corrected chi connectivity index (χ1v) is 6.44. The molecule has 0 unspecified atom stereocenters. The van der Waals surface area contributed by atoms with E-state index >= 15 is 0 Å². The quantitative estimate of drug-likeness (QED) is 0.890. The van der Waals surface area contributed by atoms with Gasteiger partial charge in [0.25, 0.3) is 5.91 Å². The summed E-state index contributed by atoms with van der Waals surface area (Å²) in [6.45, 7) is 0. The van der Waals surface area contributed by atoms with Crippen molar-refractivity contribution in [1.29, 1.82) is 0 Å². The molecule has 0 spiro atoms. The molecule has 1 aromatic carbocycles. The van der Waals surface area contributed by atoms with Crippen LogP contribution in [0.1, 0.15) is 10.4 Å². The van der Waals surface area contributed by atoms with Crippen molar-refractivity contribution in [2.45, 2.75) is 0 Å². The maximum absolute atomic E-state index is 11.8. The zero-order valence-electron chi connectivity index (χ0n) is 7.65. The van der Waals surface area contributed by atoms with Gasteiger partial charge in [0.2, 0.25) is 5.13 Å². The molecule has 8 heteroatoms. The van der Waals surface area contributed by atoms with E-state index in [2.05, 4.69) is 52.0 Å². The van der Waals surface area contributed by atoms with Crippen molar-refractivity contribution >= 4 is 54.4 Å². The van der Waals surface area contributed by atoms with Gasteiger partial charge in [-0.15, -0.1) is 0 Å². The molecule has 0 radical (unpaired) electrons. The lowest BCUT2D eigenvalue weighted by molar-refractivity contribution is 0.102. The summed E-state index contributed by atoms with van der Waals surface area (Å²) < 4.78 is 5.10. The molecule has 5 nitrogen and oxygen atoms in total. The van der Waals surface area contributed by atoms with Crippen molar-refractivity contribution in [3.63, 3.8) is 0 Å². The molecule has 0 fully saturated rings. The largest absolute Gasteiger partial charge is 0.295 e. The van der Waals surface area contributed by atoms with E-state index in [4.69, 9.17) is 0 Å². The fourth-order valence-corrected chi connectivity index (χ4v) is 2.17. The number of hydrogen-bond donors (Lipinski definition) is 1. The molecule has 0 aliphatic heterocycles. The van der Waals surface area contributed by atoms with Crippen LogP contribution in [0.15, 0.2) is 27.1 Å². The second-order valence-electron chi connectivity index (χ2n) is 2.75. The maximum atomic E-state index is 11.8. The fourth-order valence-electron chi connectivity index (χ4n) is 1.02. The zero-order chi connectivity index (χ0) is 11.5. The number of carbonyl (C=O) groups excluding carboxylic acids is 1. The van der Waals surface area contributed by atoms with Crippen LogP contribution in [0, 0.1) is 0 Å². The molecule has 16 heavy (non-hydrogen) atoms. The summed E-state index contributed by atoms with van der Waals surface area (Å²) in [5.74, 6) is -0.258. The third-order valence-electron chi connectivity index (χ3n) is 1.69. The molecule has 1 N–H and O–H groups in total. The Labute approximate surface area is 112 Å². The van der Waals surface area contributed by atoms with E-state index < -0.39 is 0 Å². The van der Waals surface area contributed by atoms with E-state index in [1.165, 1.54) is 0 Å². The molecule has 0 aliphatic carbocycles. The number of benzene rings is 1. The number of nitrogens with zero attached hydrogens (tertiary/aromatic N) is 3. The Morgan fingerprint density at radius 3 is 2.88 bits per heavy atom. The molecule has 0 saturated heterocycles. The van der Waals surface area contributed by atoms with Crippen molar-refractivity contribution in [2.75, 3.05) is 5.32 Å². The highest BCUT2D eigenvalue weighted by molar-refractivity contribution is 9.11. The second kappa shape index (κ2) is 4.98. The van der Waals surface area contributed by atoms with E-state index in [1.54, 1.807) is 12.1 Å². The molecule has 2 aromatic rings. The predicted molar refractivity (Wildman–Crippen MR) is 67.5 cm³/mol. The minimum atomic E-state index is -0.258. The minimum absolute atomic E-state index is 0.258. The van der Waals surface area contributed by atoms with Crippen LogP contribution in [0.2, 0.25) is 0 Å². The van der Waals surface area contributed by atoms with Gasteiger partial charge >= 0.3 is 0 Å². The summed E-state index contributed by atoms with van der Waals surface area (Å²) in [5.41, 5.74) is 0.518. The number of carbonyl (C=O) groups is 1. The van der Waals surface area contributed by atoms with Gasteiger partial charge in [-0.3, -0.25) is 10.1 Å². The monoisotopic (exact) mass is 362 g/mol. The smallest absolute Gasteiger partial charge is 0.258 e. The number of nitrogens with one attached hydrogen (secondary N) is 1. The summed E-state index contributed by atoms with van der Waals surface area (Å²) in [6.07, 6.45) is 0. The van der Waals surface area contributed by atoms with Crippen LogP contribution in [0.5, 0.6) is 0 Å². The van der Waals surface area contributed by atoms with Gasteiger partial charge in [0, 0.05) is 20.5 Å². The first-order chi connectivity index (χ1) is 7.66. The highest BCUT2D eigenvalue weighted by Crippen LogP contribution is 2.22. The Hall–Kier alpha value is -0.860. The number of aromatic nitrogens is 3. The second-order valence-corrected chi connectivity index (χ2v) is 5.25. The van der Waals surface area contributed by atoms with Crippen molar-refractivity contribution in [1.82, 2.24) is 14.8 Å². The zero-order valence-corrected chi connectivity index (χ0v) is 11.6. The van der Waals surface area contributed by atoms with Crippen LogP contribution in [0.25, 0.3) is 0 Å². The van der Waals surface area contributed by atoms with E-state index in [-0.39, 0.29) is 5.91 Å². The highest BCUT2D eigenvalue weighted by Gasteiger charge is 2.12. The lowest BCUT2D eigenvalue weighted by atomic mass is 10.2. The Morgan fingerprint density at radius 2 is 2.19 bits per heavy atom. The number of amides is 1. The summed E-state index contributed by atoms with van der Waals surface area (Å²) in [6, 6.07) is 5.35. The molecule has 0 saturated carbocycles. The summed E-state index contributed by atoms with van der Waals surface area (Å²) in [4.78, 5) is 11.8. The molecule has 1 aromatic heterocycles. The van der Waals surface area contributed by atoms with Crippen LogP contribution in [0.4, 0.5) is 5.13 Å². The van der Waals surface area contributed by atoms with Crippen LogP contribution in [-0.2, 0) is 0 Å². The predicted octanol–water partition coefficient (Wildman–Crippen LogP) is 2.71.